The van der Waals surface area contributed by atoms with Crippen LogP contribution in [0.4, 0.5) is 17.1 Å². The number of hydrogen-bond acceptors (Lipinski definition) is 3. The number of fused-ring (bicyclic) bond motifs is 1. The van der Waals surface area contributed by atoms with Gasteiger partial charge in [-0.2, -0.15) is 0 Å². The topological polar surface area (TPSA) is 28.2 Å². The molecule has 0 atom stereocenters. The van der Waals surface area contributed by atoms with Gasteiger partial charge in [-0.3, -0.25) is 4.98 Å². The summed E-state index contributed by atoms with van der Waals surface area (Å²) in [5.41, 5.74) is 4.95. The van der Waals surface area contributed by atoms with E-state index >= 15 is 0 Å². The van der Waals surface area contributed by atoms with Crippen LogP contribution >= 0.6 is 0 Å². The van der Waals surface area contributed by atoms with Gasteiger partial charge in [0.05, 0.1) is 11.9 Å². The van der Waals surface area contributed by atoms with Gasteiger partial charge in [0, 0.05) is 31.2 Å². The lowest BCUT2D eigenvalue weighted by molar-refractivity contribution is 0.745. The highest BCUT2D eigenvalue weighted by Gasteiger charge is 2.13. The summed E-state index contributed by atoms with van der Waals surface area (Å²) in [5, 5.41) is 3.39. The van der Waals surface area contributed by atoms with Crippen LogP contribution in [0, 0.1) is 0 Å². The van der Waals surface area contributed by atoms with Crippen molar-refractivity contribution in [2.45, 2.75) is 12.8 Å². The number of nitrogens with one attached hydrogen (secondary N) is 1. The molecule has 0 saturated heterocycles. The van der Waals surface area contributed by atoms with Gasteiger partial charge >= 0.3 is 0 Å². The average molecular weight is 239 g/mol. The van der Waals surface area contributed by atoms with E-state index in [2.05, 4.69) is 40.4 Å². The molecule has 3 nitrogen and oxygen atoms in total. The zero-order valence-corrected chi connectivity index (χ0v) is 10.6. The Balaban J connectivity index is 1.86. The molecule has 2 heterocycles. The maximum atomic E-state index is 4.11. The van der Waals surface area contributed by atoms with Crippen LogP contribution in [0.2, 0.25) is 0 Å². The molecule has 18 heavy (non-hydrogen) atoms. The van der Waals surface area contributed by atoms with Crippen LogP contribution in [0.25, 0.3) is 0 Å². The molecule has 0 radical (unpaired) electrons. The number of hydrogen-bond donors (Lipinski definition) is 1. The van der Waals surface area contributed by atoms with E-state index in [1.54, 1.807) is 6.20 Å². The standard InChI is InChI=1S/C15H17N3/c1-18-9-3-4-12-10-13(6-7-15(12)18)17-14-5-2-8-16-11-14/h2,5-8,10-11,17H,3-4,9H2,1H3. The molecule has 1 aliphatic heterocycles. The molecule has 0 amide bonds. The molecule has 1 N–H and O–H groups in total. The summed E-state index contributed by atoms with van der Waals surface area (Å²) in [7, 11) is 2.16. The van der Waals surface area contributed by atoms with Crippen LogP contribution < -0.4 is 10.2 Å². The fourth-order valence-corrected chi connectivity index (χ4v) is 2.47. The monoisotopic (exact) mass is 239 g/mol. The zero-order valence-electron chi connectivity index (χ0n) is 10.6. The molecule has 2 aromatic rings. The van der Waals surface area contributed by atoms with Crippen molar-refractivity contribution in [1.29, 1.82) is 0 Å². The lowest BCUT2D eigenvalue weighted by Gasteiger charge is -2.27. The third kappa shape index (κ3) is 2.16. The van der Waals surface area contributed by atoms with E-state index in [9.17, 15) is 0 Å². The number of aryl methyl sites for hydroxylation is 1. The Morgan fingerprint density at radius 3 is 3.00 bits per heavy atom. The van der Waals surface area contributed by atoms with Crippen molar-refractivity contribution >= 4 is 17.1 Å². The van der Waals surface area contributed by atoms with Gasteiger partial charge in [0.15, 0.2) is 0 Å². The van der Waals surface area contributed by atoms with Gasteiger partial charge in [0.1, 0.15) is 0 Å². The number of anilines is 3. The van der Waals surface area contributed by atoms with E-state index in [0.717, 1.165) is 17.9 Å². The molecule has 1 aromatic heterocycles. The Morgan fingerprint density at radius 1 is 1.22 bits per heavy atom. The van der Waals surface area contributed by atoms with Crippen LogP contribution in [-0.4, -0.2) is 18.6 Å². The Labute approximate surface area is 107 Å². The third-order valence-corrected chi connectivity index (χ3v) is 3.38. The SMILES string of the molecule is CN1CCCc2cc(Nc3cccnc3)ccc21. The van der Waals surface area contributed by atoms with Gasteiger partial charge in [0.25, 0.3) is 0 Å². The Morgan fingerprint density at radius 2 is 2.17 bits per heavy atom. The van der Waals surface area contributed by atoms with Crippen LogP contribution in [0.5, 0.6) is 0 Å². The molecule has 3 rings (SSSR count). The fraction of sp³-hybridized carbons (Fsp3) is 0.267. The maximum absolute atomic E-state index is 4.11. The van der Waals surface area contributed by atoms with Crippen molar-refractivity contribution in [2.24, 2.45) is 0 Å². The zero-order chi connectivity index (χ0) is 12.4. The van der Waals surface area contributed by atoms with Crippen molar-refractivity contribution in [3.63, 3.8) is 0 Å². The van der Waals surface area contributed by atoms with Crippen LogP contribution in [0.15, 0.2) is 42.7 Å². The minimum Gasteiger partial charge on any atom is -0.374 e. The van der Waals surface area contributed by atoms with E-state index < -0.39 is 0 Å². The molecule has 0 aliphatic carbocycles. The van der Waals surface area contributed by atoms with Gasteiger partial charge in [-0.25, -0.2) is 0 Å². The van der Waals surface area contributed by atoms with Crippen molar-refractivity contribution < 1.29 is 0 Å². The first kappa shape index (κ1) is 11.1. The Bertz CT molecular complexity index is 537. The van der Waals surface area contributed by atoms with Gasteiger partial charge < -0.3 is 10.2 Å². The van der Waals surface area contributed by atoms with Crippen molar-refractivity contribution in [3.8, 4) is 0 Å². The summed E-state index contributed by atoms with van der Waals surface area (Å²) in [5.74, 6) is 0. The predicted octanol–water partition coefficient (Wildman–Crippen LogP) is 3.21. The Kier molecular flexibility index (Phi) is 2.89. The molecule has 3 heteroatoms. The molecule has 0 unspecified atom stereocenters. The van der Waals surface area contributed by atoms with Gasteiger partial charge in [-0.05, 0) is 48.7 Å². The second kappa shape index (κ2) is 4.69. The van der Waals surface area contributed by atoms with Crippen molar-refractivity contribution in [2.75, 3.05) is 23.8 Å². The molecular formula is C15H17N3. The highest BCUT2D eigenvalue weighted by molar-refractivity contribution is 5.66. The summed E-state index contributed by atoms with van der Waals surface area (Å²) in [4.78, 5) is 6.44. The maximum Gasteiger partial charge on any atom is 0.0570 e. The van der Waals surface area contributed by atoms with Crippen molar-refractivity contribution in [3.05, 3.63) is 48.3 Å². The molecule has 0 saturated carbocycles. The lowest BCUT2D eigenvalue weighted by Crippen LogP contribution is -2.24. The lowest BCUT2D eigenvalue weighted by atomic mass is 10.0. The van der Waals surface area contributed by atoms with Gasteiger partial charge in [-0.1, -0.05) is 0 Å². The first-order chi connectivity index (χ1) is 8.83. The smallest absolute Gasteiger partial charge is 0.0570 e. The fourth-order valence-electron chi connectivity index (χ4n) is 2.47. The van der Waals surface area contributed by atoms with E-state index in [1.165, 1.54) is 24.1 Å². The Hall–Kier alpha value is -2.03. The van der Waals surface area contributed by atoms with E-state index in [4.69, 9.17) is 0 Å². The summed E-state index contributed by atoms with van der Waals surface area (Å²) >= 11 is 0. The number of benzene rings is 1. The van der Waals surface area contributed by atoms with E-state index in [-0.39, 0.29) is 0 Å². The average Bonchev–Trinajstić information content (AvgIpc) is 2.40. The number of pyridine rings is 1. The molecule has 0 bridgehead atoms. The minimum absolute atomic E-state index is 1.03. The van der Waals surface area contributed by atoms with Crippen molar-refractivity contribution in [1.82, 2.24) is 4.98 Å². The first-order valence-corrected chi connectivity index (χ1v) is 6.34. The summed E-state index contributed by atoms with van der Waals surface area (Å²) in [6, 6.07) is 10.5. The molecule has 92 valence electrons. The van der Waals surface area contributed by atoms with Crippen LogP contribution in [0.3, 0.4) is 0 Å². The largest absolute Gasteiger partial charge is 0.374 e. The number of aromatic nitrogens is 1. The number of rotatable bonds is 2. The van der Waals surface area contributed by atoms with Gasteiger partial charge in [-0.15, -0.1) is 0 Å². The van der Waals surface area contributed by atoms with Crippen LogP contribution in [0.1, 0.15) is 12.0 Å². The first-order valence-electron chi connectivity index (χ1n) is 6.34. The quantitative estimate of drug-likeness (QED) is 0.872. The summed E-state index contributed by atoms with van der Waals surface area (Å²) in [6.45, 7) is 1.16. The highest BCUT2D eigenvalue weighted by atomic mass is 15.1. The van der Waals surface area contributed by atoms with E-state index in [1.807, 2.05) is 18.3 Å². The van der Waals surface area contributed by atoms with Crippen LogP contribution in [-0.2, 0) is 6.42 Å². The summed E-state index contributed by atoms with van der Waals surface area (Å²) < 4.78 is 0. The molecule has 1 aliphatic rings. The molecular weight excluding hydrogens is 222 g/mol. The van der Waals surface area contributed by atoms with Gasteiger partial charge in [0.2, 0.25) is 0 Å². The minimum atomic E-state index is 1.03. The third-order valence-electron chi connectivity index (χ3n) is 3.38. The normalized spacial score (nSPS) is 14.2. The second-order valence-electron chi connectivity index (χ2n) is 4.74. The second-order valence-corrected chi connectivity index (χ2v) is 4.74. The molecule has 0 spiro atoms. The summed E-state index contributed by atoms with van der Waals surface area (Å²) in [6.07, 6.45) is 6.03. The molecule has 1 aromatic carbocycles. The highest BCUT2D eigenvalue weighted by Crippen LogP contribution is 2.29. The number of nitrogens with zero attached hydrogens (tertiary/aromatic N) is 2. The predicted molar refractivity (Wildman–Crippen MR) is 75.6 cm³/mol. The van der Waals surface area contributed by atoms with E-state index in [0.29, 0.717) is 0 Å². The molecule has 0 fully saturated rings.